The van der Waals surface area contributed by atoms with Crippen LogP contribution in [-0.4, -0.2) is 41.9 Å². The summed E-state index contributed by atoms with van der Waals surface area (Å²) in [4.78, 5) is 24.9. The van der Waals surface area contributed by atoms with E-state index in [1.54, 1.807) is 18.7 Å². The van der Waals surface area contributed by atoms with Gasteiger partial charge < -0.3 is 9.64 Å². The van der Waals surface area contributed by atoms with Crippen LogP contribution >= 0.6 is 0 Å². The lowest BCUT2D eigenvalue weighted by atomic mass is 10.1. The molecule has 0 aliphatic carbocycles. The molecule has 4 heteroatoms. The lowest BCUT2D eigenvalue weighted by molar-refractivity contribution is -0.153. The Kier molecular flexibility index (Phi) is 3.85. The smallest absolute Gasteiger partial charge is 0.290 e. The van der Waals surface area contributed by atoms with Crippen LogP contribution in [0.5, 0.6) is 0 Å². The van der Waals surface area contributed by atoms with E-state index in [1.807, 2.05) is 13.8 Å². The van der Waals surface area contributed by atoms with E-state index in [0.29, 0.717) is 13.1 Å². The van der Waals surface area contributed by atoms with Crippen molar-refractivity contribution in [2.24, 2.45) is 5.92 Å². The number of Topliss-reactive ketones (excluding diaryl/α,β-unsaturated/α-hetero) is 1. The number of nitrogens with zero attached hydrogens (tertiary/aromatic N) is 1. The number of hydrogen-bond acceptors (Lipinski definition) is 3. The minimum absolute atomic E-state index is 0.0117. The number of morpholine rings is 1. The molecule has 1 aliphatic rings. The first-order chi connectivity index (χ1) is 6.91. The van der Waals surface area contributed by atoms with Gasteiger partial charge in [-0.25, -0.2) is 0 Å². The first-order valence-electron chi connectivity index (χ1n) is 5.40. The predicted molar refractivity (Wildman–Crippen MR) is 56.4 cm³/mol. The minimum Gasteiger partial charge on any atom is -0.372 e. The highest BCUT2D eigenvalue weighted by molar-refractivity contribution is 6.36. The summed E-state index contributed by atoms with van der Waals surface area (Å²) in [5, 5.41) is 0. The number of ether oxygens (including phenoxy) is 1. The maximum atomic E-state index is 11.8. The highest BCUT2D eigenvalue weighted by Gasteiger charge is 2.30. The molecule has 1 amide bonds. The first kappa shape index (κ1) is 12.2. The van der Waals surface area contributed by atoms with Gasteiger partial charge in [0.05, 0.1) is 12.2 Å². The van der Waals surface area contributed by atoms with Gasteiger partial charge in [0.1, 0.15) is 0 Å². The summed E-state index contributed by atoms with van der Waals surface area (Å²) in [6.07, 6.45) is 0.0234. The molecule has 0 aromatic heterocycles. The molecule has 1 saturated heterocycles. The largest absolute Gasteiger partial charge is 0.372 e. The molecule has 1 rings (SSSR count). The fraction of sp³-hybridized carbons (Fsp3) is 0.818. The summed E-state index contributed by atoms with van der Waals surface area (Å²) in [5.74, 6) is -0.908. The van der Waals surface area contributed by atoms with Gasteiger partial charge in [0.15, 0.2) is 0 Å². The first-order valence-corrected chi connectivity index (χ1v) is 5.40. The Balaban J connectivity index is 2.63. The van der Waals surface area contributed by atoms with Crippen LogP contribution in [0.1, 0.15) is 27.7 Å². The molecule has 0 N–H and O–H groups in total. The molecule has 1 fully saturated rings. The Bertz CT molecular complexity index is 253. The average Bonchev–Trinajstić information content (AvgIpc) is 2.13. The van der Waals surface area contributed by atoms with Crippen LogP contribution in [-0.2, 0) is 14.3 Å². The summed E-state index contributed by atoms with van der Waals surface area (Å²) >= 11 is 0. The Hall–Kier alpha value is -0.900. The second-order valence-corrected chi connectivity index (χ2v) is 4.49. The van der Waals surface area contributed by atoms with E-state index >= 15 is 0 Å². The molecule has 1 heterocycles. The highest BCUT2D eigenvalue weighted by Crippen LogP contribution is 2.12. The molecule has 15 heavy (non-hydrogen) atoms. The summed E-state index contributed by atoms with van der Waals surface area (Å²) in [7, 11) is 0. The number of amides is 1. The van der Waals surface area contributed by atoms with E-state index in [1.165, 1.54) is 0 Å². The minimum atomic E-state index is -0.369. The molecule has 0 spiro atoms. The average molecular weight is 213 g/mol. The van der Waals surface area contributed by atoms with E-state index < -0.39 is 0 Å². The van der Waals surface area contributed by atoms with Crippen LogP contribution in [0.2, 0.25) is 0 Å². The van der Waals surface area contributed by atoms with Gasteiger partial charge in [-0.15, -0.1) is 0 Å². The predicted octanol–water partition coefficient (Wildman–Crippen LogP) is 0.847. The lowest BCUT2D eigenvalue weighted by Crippen LogP contribution is -2.50. The van der Waals surface area contributed by atoms with E-state index in [4.69, 9.17) is 4.74 Å². The third-order valence-corrected chi connectivity index (χ3v) is 2.44. The van der Waals surface area contributed by atoms with Crippen molar-refractivity contribution in [1.29, 1.82) is 0 Å². The molecule has 1 aliphatic heterocycles. The zero-order valence-electron chi connectivity index (χ0n) is 9.82. The van der Waals surface area contributed by atoms with Crippen LogP contribution < -0.4 is 0 Å². The standard InChI is InChI=1S/C11H19NO3/c1-7(2)10(13)11(14)12-5-8(3)15-9(4)6-12/h7-9H,5-6H2,1-4H3/t8-,9+. The molecule has 0 bridgehead atoms. The van der Waals surface area contributed by atoms with E-state index in [0.717, 1.165) is 0 Å². The van der Waals surface area contributed by atoms with Crippen LogP contribution in [0.4, 0.5) is 0 Å². The monoisotopic (exact) mass is 213 g/mol. The van der Waals surface area contributed by atoms with Crippen LogP contribution in [0.25, 0.3) is 0 Å². The van der Waals surface area contributed by atoms with E-state index in [9.17, 15) is 9.59 Å². The second kappa shape index (κ2) is 4.75. The number of rotatable bonds is 2. The molecule has 0 aromatic carbocycles. The normalized spacial score (nSPS) is 26.9. The number of ketones is 1. The van der Waals surface area contributed by atoms with Gasteiger partial charge in [0, 0.05) is 19.0 Å². The molecular formula is C11H19NO3. The van der Waals surface area contributed by atoms with E-state index in [-0.39, 0.29) is 29.8 Å². The summed E-state index contributed by atoms with van der Waals surface area (Å²) in [6.45, 7) is 8.34. The quantitative estimate of drug-likeness (QED) is 0.639. The van der Waals surface area contributed by atoms with Gasteiger partial charge in [-0.3, -0.25) is 9.59 Å². The fourth-order valence-electron chi connectivity index (χ4n) is 1.75. The van der Waals surface area contributed by atoms with Crippen molar-refractivity contribution in [3.05, 3.63) is 0 Å². The zero-order valence-corrected chi connectivity index (χ0v) is 9.82. The van der Waals surface area contributed by atoms with Crippen molar-refractivity contribution in [1.82, 2.24) is 4.90 Å². The molecule has 0 aromatic rings. The van der Waals surface area contributed by atoms with Gasteiger partial charge in [0.25, 0.3) is 5.91 Å². The number of carbonyl (C=O) groups excluding carboxylic acids is 2. The summed E-state index contributed by atoms with van der Waals surface area (Å²) in [5.41, 5.74) is 0. The van der Waals surface area contributed by atoms with Crippen molar-refractivity contribution in [2.75, 3.05) is 13.1 Å². The third-order valence-electron chi connectivity index (χ3n) is 2.44. The molecule has 0 radical (unpaired) electrons. The van der Waals surface area contributed by atoms with Crippen molar-refractivity contribution in [3.8, 4) is 0 Å². The van der Waals surface area contributed by atoms with Gasteiger partial charge in [-0.05, 0) is 13.8 Å². The Morgan fingerprint density at radius 3 is 2.07 bits per heavy atom. The Morgan fingerprint density at radius 2 is 1.67 bits per heavy atom. The molecule has 0 saturated carbocycles. The van der Waals surface area contributed by atoms with Gasteiger partial charge >= 0.3 is 0 Å². The van der Waals surface area contributed by atoms with Gasteiger partial charge in [0.2, 0.25) is 5.78 Å². The van der Waals surface area contributed by atoms with Crippen molar-refractivity contribution >= 4 is 11.7 Å². The molecule has 2 atom stereocenters. The Labute approximate surface area is 90.6 Å². The molecule has 86 valence electrons. The SMILES string of the molecule is CC(C)C(=O)C(=O)N1C[C@@H](C)O[C@@H](C)C1. The maximum absolute atomic E-state index is 11.8. The maximum Gasteiger partial charge on any atom is 0.290 e. The third kappa shape index (κ3) is 3.02. The summed E-state index contributed by atoms with van der Waals surface area (Å²) in [6, 6.07) is 0. The van der Waals surface area contributed by atoms with Crippen LogP contribution in [0.3, 0.4) is 0 Å². The zero-order chi connectivity index (χ0) is 11.6. The highest BCUT2D eigenvalue weighted by atomic mass is 16.5. The van der Waals surface area contributed by atoms with Gasteiger partial charge in [-0.1, -0.05) is 13.8 Å². The Morgan fingerprint density at radius 1 is 1.20 bits per heavy atom. The van der Waals surface area contributed by atoms with Gasteiger partial charge in [-0.2, -0.15) is 0 Å². The lowest BCUT2D eigenvalue weighted by Gasteiger charge is -2.35. The van der Waals surface area contributed by atoms with Crippen LogP contribution in [0.15, 0.2) is 0 Å². The molecule has 0 unspecified atom stereocenters. The van der Waals surface area contributed by atoms with Crippen molar-refractivity contribution in [2.45, 2.75) is 39.9 Å². The topological polar surface area (TPSA) is 46.6 Å². The van der Waals surface area contributed by atoms with Crippen LogP contribution in [0, 0.1) is 5.92 Å². The second-order valence-electron chi connectivity index (χ2n) is 4.49. The van der Waals surface area contributed by atoms with Crippen molar-refractivity contribution < 1.29 is 14.3 Å². The fourth-order valence-corrected chi connectivity index (χ4v) is 1.75. The number of carbonyl (C=O) groups is 2. The van der Waals surface area contributed by atoms with E-state index in [2.05, 4.69) is 0 Å². The summed E-state index contributed by atoms with van der Waals surface area (Å²) < 4.78 is 5.50. The molecule has 4 nitrogen and oxygen atoms in total. The molecular weight excluding hydrogens is 194 g/mol. The number of hydrogen-bond donors (Lipinski definition) is 0. The van der Waals surface area contributed by atoms with Crippen molar-refractivity contribution in [3.63, 3.8) is 0 Å².